The van der Waals surface area contributed by atoms with Crippen LogP contribution in [-0.2, 0) is 17.7 Å². The molecule has 0 saturated heterocycles. The fourth-order valence-corrected chi connectivity index (χ4v) is 5.10. The van der Waals surface area contributed by atoms with Gasteiger partial charge in [0, 0.05) is 35.1 Å². The van der Waals surface area contributed by atoms with Gasteiger partial charge in [0.1, 0.15) is 5.60 Å². The third-order valence-corrected chi connectivity index (χ3v) is 6.81. The summed E-state index contributed by atoms with van der Waals surface area (Å²) < 4.78 is 5.40. The van der Waals surface area contributed by atoms with Crippen molar-refractivity contribution in [2.24, 2.45) is 5.92 Å². The number of carbonyl (C=O) groups excluding carboxylic acids is 1. The summed E-state index contributed by atoms with van der Waals surface area (Å²) in [4.78, 5) is 20.7. The molecule has 1 aromatic heterocycles. The Morgan fingerprint density at radius 3 is 2.51 bits per heavy atom. The van der Waals surface area contributed by atoms with E-state index in [1.54, 1.807) is 11.3 Å². The smallest absolute Gasteiger partial charge is 0.407 e. The molecule has 0 aliphatic carbocycles. The summed E-state index contributed by atoms with van der Waals surface area (Å²) in [6.45, 7) is 13.8. The van der Waals surface area contributed by atoms with Gasteiger partial charge in [-0.15, -0.1) is 11.3 Å². The summed E-state index contributed by atoms with van der Waals surface area (Å²) in [6, 6.07) is 16.5. The Labute approximate surface area is 218 Å². The standard InChI is InChI=1S/C28H36ClN3O2S/c1-19(2)16-24-25(22-13-12-20(3)23(29)17-22)31-26(35-24)32(18-21-10-8-7-9-11-21)15-14-30-27(33)34-28(4,5)6/h7-13,17,19H,14-16,18H2,1-6H3,(H,30,33). The van der Waals surface area contributed by atoms with Gasteiger partial charge in [0.05, 0.1) is 5.69 Å². The maximum absolute atomic E-state index is 12.2. The minimum Gasteiger partial charge on any atom is -0.444 e. The van der Waals surface area contributed by atoms with Gasteiger partial charge in [-0.3, -0.25) is 0 Å². The largest absolute Gasteiger partial charge is 0.444 e. The molecule has 1 heterocycles. The van der Waals surface area contributed by atoms with Crippen molar-refractivity contribution in [1.29, 1.82) is 0 Å². The monoisotopic (exact) mass is 513 g/mol. The SMILES string of the molecule is Cc1ccc(-c2nc(N(CCNC(=O)OC(C)(C)C)Cc3ccccc3)sc2CC(C)C)cc1Cl. The molecule has 2 aromatic carbocycles. The predicted octanol–water partition coefficient (Wildman–Crippen LogP) is 7.50. The highest BCUT2D eigenvalue weighted by molar-refractivity contribution is 7.16. The van der Waals surface area contributed by atoms with Crippen LogP contribution in [0.5, 0.6) is 0 Å². The summed E-state index contributed by atoms with van der Waals surface area (Å²) in [7, 11) is 0. The van der Waals surface area contributed by atoms with Crippen molar-refractivity contribution < 1.29 is 9.53 Å². The Balaban J connectivity index is 1.89. The zero-order valence-corrected chi connectivity index (χ0v) is 23.1. The van der Waals surface area contributed by atoms with Crippen molar-refractivity contribution in [3.63, 3.8) is 0 Å². The Bertz CT molecular complexity index is 1120. The third-order valence-electron chi connectivity index (χ3n) is 5.26. The average Bonchev–Trinajstić information content (AvgIpc) is 3.17. The van der Waals surface area contributed by atoms with Crippen LogP contribution in [0.3, 0.4) is 0 Å². The molecular formula is C28H36ClN3O2S. The molecule has 0 radical (unpaired) electrons. The Morgan fingerprint density at radius 1 is 1.17 bits per heavy atom. The minimum absolute atomic E-state index is 0.410. The van der Waals surface area contributed by atoms with Gasteiger partial charge in [0.15, 0.2) is 5.13 Å². The van der Waals surface area contributed by atoms with E-state index in [0.717, 1.165) is 33.4 Å². The van der Waals surface area contributed by atoms with Crippen LogP contribution in [0, 0.1) is 12.8 Å². The fraction of sp³-hybridized carbons (Fsp3) is 0.429. The number of amides is 1. The molecule has 0 unspecified atom stereocenters. The average molecular weight is 514 g/mol. The normalized spacial score (nSPS) is 11.5. The van der Waals surface area contributed by atoms with Crippen LogP contribution < -0.4 is 10.2 Å². The second-order valence-corrected chi connectivity index (χ2v) is 11.6. The molecule has 0 aliphatic heterocycles. The fourth-order valence-electron chi connectivity index (χ4n) is 3.60. The van der Waals surface area contributed by atoms with Gasteiger partial charge in [0.2, 0.25) is 0 Å². The van der Waals surface area contributed by atoms with Crippen molar-refractivity contribution in [3.05, 3.63) is 69.6 Å². The number of thiazole rings is 1. The first-order chi connectivity index (χ1) is 16.5. The van der Waals surface area contributed by atoms with Crippen molar-refractivity contribution in [1.82, 2.24) is 10.3 Å². The molecule has 0 saturated carbocycles. The number of carbonyl (C=O) groups is 1. The molecule has 3 rings (SSSR count). The lowest BCUT2D eigenvalue weighted by Crippen LogP contribution is -2.38. The van der Waals surface area contributed by atoms with E-state index in [0.29, 0.717) is 25.6 Å². The maximum atomic E-state index is 12.2. The number of aromatic nitrogens is 1. The second-order valence-electron chi connectivity index (χ2n) is 10.2. The van der Waals surface area contributed by atoms with Crippen molar-refractivity contribution in [3.8, 4) is 11.3 Å². The van der Waals surface area contributed by atoms with Crippen LogP contribution in [0.2, 0.25) is 5.02 Å². The third kappa shape index (κ3) is 8.25. The second kappa shape index (κ2) is 11.9. The summed E-state index contributed by atoms with van der Waals surface area (Å²) >= 11 is 8.17. The number of hydrogen-bond acceptors (Lipinski definition) is 5. The summed E-state index contributed by atoms with van der Waals surface area (Å²) in [6.07, 6.45) is 0.528. The van der Waals surface area contributed by atoms with Crippen LogP contribution in [0.25, 0.3) is 11.3 Å². The van der Waals surface area contributed by atoms with E-state index in [9.17, 15) is 4.79 Å². The molecule has 3 aromatic rings. The number of nitrogens with one attached hydrogen (secondary N) is 1. The lowest BCUT2D eigenvalue weighted by atomic mass is 10.0. The maximum Gasteiger partial charge on any atom is 0.407 e. The lowest BCUT2D eigenvalue weighted by molar-refractivity contribution is 0.0529. The molecule has 0 fully saturated rings. The number of alkyl carbamates (subject to hydrolysis) is 1. The Kier molecular flexibility index (Phi) is 9.20. The van der Waals surface area contributed by atoms with E-state index in [2.05, 4.69) is 42.3 Å². The van der Waals surface area contributed by atoms with Gasteiger partial charge in [-0.25, -0.2) is 9.78 Å². The highest BCUT2D eigenvalue weighted by atomic mass is 35.5. The van der Waals surface area contributed by atoms with E-state index in [1.807, 2.05) is 58.0 Å². The summed E-state index contributed by atoms with van der Waals surface area (Å²) in [5.74, 6) is 0.499. The zero-order valence-electron chi connectivity index (χ0n) is 21.5. The quantitative estimate of drug-likeness (QED) is 0.322. The first-order valence-corrected chi connectivity index (χ1v) is 13.2. The molecular weight excluding hydrogens is 478 g/mol. The van der Waals surface area contributed by atoms with Crippen molar-refractivity contribution in [2.75, 3.05) is 18.0 Å². The zero-order chi connectivity index (χ0) is 25.6. The van der Waals surface area contributed by atoms with Gasteiger partial charge in [-0.05, 0) is 57.2 Å². The molecule has 7 heteroatoms. The number of anilines is 1. The molecule has 0 bridgehead atoms. The van der Waals surface area contributed by atoms with Gasteiger partial charge in [-0.1, -0.05) is 67.9 Å². The topological polar surface area (TPSA) is 54.5 Å². The number of rotatable bonds is 9. The van der Waals surface area contributed by atoms with E-state index >= 15 is 0 Å². The molecule has 35 heavy (non-hydrogen) atoms. The minimum atomic E-state index is -0.529. The van der Waals surface area contributed by atoms with Gasteiger partial charge in [-0.2, -0.15) is 0 Å². The van der Waals surface area contributed by atoms with E-state index < -0.39 is 11.7 Å². The van der Waals surface area contributed by atoms with Crippen molar-refractivity contribution in [2.45, 2.75) is 60.1 Å². The van der Waals surface area contributed by atoms with Crippen molar-refractivity contribution >= 4 is 34.2 Å². The lowest BCUT2D eigenvalue weighted by Gasteiger charge is -2.23. The Morgan fingerprint density at radius 2 is 1.89 bits per heavy atom. The number of hydrogen-bond donors (Lipinski definition) is 1. The van der Waals surface area contributed by atoms with Gasteiger partial charge >= 0.3 is 6.09 Å². The number of nitrogens with zero attached hydrogens (tertiary/aromatic N) is 2. The highest BCUT2D eigenvalue weighted by Crippen LogP contribution is 2.36. The molecule has 1 N–H and O–H groups in total. The molecule has 188 valence electrons. The van der Waals surface area contributed by atoms with Crippen LogP contribution in [0.4, 0.5) is 9.93 Å². The number of ether oxygens (including phenoxy) is 1. The van der Waals surface area contributed by atoms with E-state index in [-0.39, 0.29) is 0 Å². The summed E-state index contributed by atoms with van der Waals surface area (Å²) in [5.41, 5.74) is 3.73. The van der Waals surface area contributed by atoms with Crippen LogP contribution in [-0.4, -0.2) is 29.8 Å². The number of halogens is 1. The number of benzene rings is 2. The Hall–Kier alpha value is -2.57. The van der Waals surface area contributed by atoms with Crippen LogP contribution >= 0.6 is 22.9 Å². The molecule has 0 aliphatic rings. The molecule has 0 spiro atoms. The first-order valence-electron chi connectivity index (χ1n) is 12.0. The van der Waals surface area contributed by atoms with Crippen LogP contribution in [0.1, 0.15) is 50.6 Å². The summed E-state index contributed by atoms with van der Waals surface area (Å²) in [5, 5.41) is 4.56. The van der Waals surface area contributed by atoms with E-state index in [1.165, 1.54) is 10.4 Å². The van der Waals surface area contributed by atoms with Gasteiger partial charge < -0.3 is 15.0 Å². The number of aryl methyl sites for hydroxylation is 1. The predicted molar refractivity (Wildman–Crippen MR) is 148 cm³/mol. The van der Waals surface area contributed by atoms with Gasteiger partial charge in [0.25, 0.3) is 0 Å². The molecule has 1 amide bonds. The molecule has 0 atom stereocenters. The first kappa shape index (κ1) is 27.0. The molecule has 5 nitrogen and oxygen atoms in total. The highest BCUT2D eigenvalue weighted by Gasteiger charge is 2.20. The van der Waals surface area contributed by atoms with E-state index in [4.69, 9.17) is 21.3 Å². The van der Waals surface area contributed by atoms with Crippen LogP contribution in [0.15, 0.2) is 48.5 Å².